The van der Waals surface area contributed by atoms with E-state index in [9.17, 15) is 14.9 Å². The molecule has 0 bridgehead atoms. The van der Waals surface area contributed by atoms with Crippen LogP contribution in [0.5, 0.6) is 5.75 Å². The van der Waals surface area contributed by atoms with Crippen LogP contribution in [0, 0.1) is 10.1 Å². The van der Waals surface area contributed by atoms with Gasteiger partial charge >= 0.3 is 0 Å². The van der Waals surface area contributed by atoms with Crippen molar-refractivity contribution in [3.63, 3.8) is 0 Å². The van der Waals surface area contributed by atoms with Gasteiger partial charge in [-0.2, -0.15) is 0 Å². The number of hydrogen-bond donors (Lipinski definition) is 2. The molecule has 1 aromatic heterocycles. The minimum atomic E-state index is -0.502. The predicted molar refractivity (Wildman–Crippen MR) is 73.3 cm³/mol. The van der Waals surface area contributed by atoms with Crippen LogP contribution in [0.1, 0.15) is 5.56 Å². The van der Waals surface area contributed by atoms with E-state index in [1.165, 1.54) is 18.4 Å². The van der Waals surface area contributed by atoms with Gasteiger partial charge in [0.15, 0.2) is 12.4 Å². The average Bonchev–Trinajstić information content (AvgIpc) is 2.97. The maximum atomic E-state index is 11.3. The Bertz CT molecular complexity index is 696. The van der Waals surface area contributed by atoms with Crippen LogP contribution >= 0.6 is 0 Å². The number of hydrogen-bond acceptors (Lipinski definition) is 6. The van der Waals surface area contributed by atoms with Crippen LogP contribution in [0.15, 0.2) is 35.1 Å². The highest BCUT2D eigenvalue weighted by molar-refractivity contribution is 5.96. The Kier molecular flexibility index (Phi) is 3.19. The van der Waals surface area contributed by atoms with Crippen molar-refractivity contribution >= 4 is 23.0 Å². The van der Waals surface area contributed by atoms with Crippen LogP contribution in [-0.4, -0.2) is 17.4 Å². The Morgan fingerprint density at radius 1 is 1.43 bits per heavy atom. The van der Waals surface area contributed by atoms with Crippen LogP contribution in [0.3, 0.4) is 0 Å². The molecule has 2 aromatic rings. The molecule has 0 saturated heterocycles. The summed E-state index contributed by atoms with van der Waals surface area (Å²) in [5.41, 5.74) is 1.44. The summed E-state index contributed by atoms with van der Waals surface area (Å²) in [6.45, 7) is 0.219. The Morgan fingerprint density at radius 2 is 2.29 bits per heavy atom. The number of fused-ring (bicyclic) bond motifs is 1. The molecule has 108 valence electrons. The third kappa shape index (κ3) is 2.64. The lowest BCUT2D eigenvalue weighted by Crippen LogP contribution is -2.25. The molecule has 3 rings (SSSR count). The highest BCUT2D eigenvalue weighted by Gasteiger charge is 2.23. The monoisotopic (exact) mass is 289 g/mol. The molecule has 1 amide bonds. The van der Waals surface area contributed by atoms with E-state index in [-0.39, 0.29) is 24.0 Å². The zero-order valence-electron chi connectivity index (χ0n) is 10.8. The second kappa shape index (κ2) is 5.16. The minimum absolute atomic E-state index is 0.117. The maximum Gasteiger partial charge on any atom is 0.296 e. The standard InChI is InChI=1S/C13H11N3O5/c17-13-7-21-12-4-11(16(18)19)9(3-10(12)15-13)14-5-8-1-2-20-6-8/h1-4,6,14H,5,7H2,(H,15,17). The van der Waals surface area contributed by atoms with Gasteiger partial charge < -0.3 is 19.8 Å². The lowest BCUT2D eigenvalue weighted by molar-refractivity contribution is -0.384. The molecule has 1 aliphatic heterocycles. The number of nitrogens with zero attached hydrogens (tertiary/aromatic N) is 1. The SMILES string of the molecule is O=C1COc2cc([N+](=O)[O-])c(NCc3ccoc3)cc2N1. The lowest BCUT2D eigenvalue weighted by Gasteiger charge is -2.19. The molecule has 0 radical (unpaired) electrons. The smallest absolute Gasteiger partial charge is 0.296 e. The molecule has 0 aliphatic carbocycles. The third-order valence-corrected chi connectivity index (χ3v) is 2.99. The number of nitrogens with one attached hydrogen (secondary N) is 2. The molecule has 2 N–H and O–H groups in total. The summed E-state index contributed by atoms with van der Waals surface area (Å²) >= 11 is 0. The molecule has 2 heterocycles. The number of rotatable bonds is 4. The van der Waals surface area contributed by atoms with E-state index in [0.29, 0.717) is 17.9 Å². The average molecular weight is 289 g/mol. The first-order valence-electron chi connectivity index (χ1n) is 6.13. The summed E-state index contributed by atoms with van der Waals surface area (Å²) in [5.74, 6) is -0.00713. The maximum absolute atomic E-state index is 11.3. The van der Waals surface area contributed by atoms with Crippen molar-refractivity contribution in [3.8, 4) is 5.75 Å². The first kappa shape index (κ1) is 13.0. The van der Waals surface area contributed by atoms with E-state index in [4.69, 9.17) is 9.15 Å². The number of furan rings is 1. The van der Waals surface area contributed by atoms with Crippen molar-refractivity contribution in [1.82, 2.24) is 0 Å². The minimum Gasteiger partial charge on any atom is -0.481 e. The summed E-state index contributed by atoms with van der Waals surface area (Å²) in [5, 5.41) is 16.7. The van der Waals surface area contributed by atoms with Crippen molar-refractivity contribution in [2.75, 3.05) is 17.2 Å². The Morgan fingerprint density at radius 3 is 3.00 bits per heavy atom. The van der Waals surface area contributed by atoms with Gasteiger partial charge in [0.05, 0.1) is 29.2 Å². The molecule has 8 nitrogen and oxygen atoms in total. The number of carbonyl (C=O) groups excluding carboxylic acids is 1. The van der Waals surface area contributed by atoms with E-state index >= 15 is 0 Å². The van der Waals surface area contributed by atoms with Crippen LogP contribution < -0.4 is 15.4 Å². The number of carbonyl (C=O) groups is 1. The van der Waals surface area contributed by atoms with Gasteiger partial charge in [0.1, 0.15) is 5.69 Å². The summed E-state index contributed by atoms with van der Waals surface area (Å²) in [4.78, 5) is 21.9. The summed E-state index contributed by atoms with van der Waals surface area (Å²) < 4.78 is 10.1. The first-order valence-corrected chi connectivity index (χ1v) is 6.13. The summed E-state index contributed by atoms with van der Waals surface area (Å²) in [6.07, 6.45) is 3.06. The number of nitro benzene ring substituents is 1. The fourth-order valence-corrected chi connectivity index (χ4v) is 2.00. The fourth-order valence-electron chi connectivity index (χ4n) is 2.00. The van der Waals surface area contributed by atoms with Crippen molar-refractivity contribution in [1.29, 1.82) is 0 Å². The van der Waals surface area contributed by atoms with Crippen LogP contribution in [0.2, 0.25) is 0 Å². The van der Waals surface area contributed by atoms with Gasteiger partial charge in [-0.3, -0.25) is 14.9 Å². The van der Waals surface area contributed by atoms with E-state index in [2.05, 4.69) is 10.6 Å². The largest absolute Gasteiger partial charge is 0.481 e. The van der Waals surface area contributed by atoms with Gasteiger partial charge in [-0.1, -0.05) is 0 Å². The lowest BCUT2D eigenvalue weighted by atomic mass is 10.2. The normalized spacial score (nSPS) is 13.0. The first-order chi connectivity index (χ1) is 10.1. The van der Waals surface area contributed by atoms with Crippen LogP contribution in [0.25, 0.3) is 0 Å². The van der Waals surface area contributed by atoms with E-state index < -0.39 is 4.92 Å². The summed E-state index contributed by atoms with van der Waals surface area (Å²) in [7, 11) is 0. The second-order valence-corrected chi connectivity index (χ2v) is 4.44. The van der Waals surface area contributed by atoms with Crippen LogP contribution in [0.4, 0.5) is 17.1 Å². The zero-order chi connectivity index (χ0) is 14.8. The molecule has 0 fully saturated rings. The van der Waals surface area contributed by atoms with E-state index in [1.807, 2.05) is 0 Å². The zero-order valence-corrected chi connectivity index (χ0v) is 10.8. The third-order valence-electron chi connectivity index (χ3n) is 2.99. The molecular formula is C13H11N3O5. The molecule has 0 spiro atoms. The Balaban J connectivity index is 1.91. The number of benzene rings is 1. The summed E-state index contributed by atoms with van der Waals surface area (Å²) in [6, 6.07) is 4.54. The van der Waals surface area contributed by atoms with Gasteiger partial charge in [-0.05, 0) is 12.1 Å². The highest BCUT2D eigenvalue weighted by atomic mass is 16.6. The van der Waals surface area contributed by atoms with Gasteiger partial charge in [-0.15, -0.1) is 0 Å². The Hall–Kier alpha value is -3.03. The highest BCUT2D eigenvalue weighted by Crippen LogP contribution is 2.37. The topological polar surface area (TPSA) is 107 Å². The van der Waals surface area contributed by atoms with Crippen molar-refractivity contribution < 1.29 is 18.9 Å². The Labute approximate surface area is 118 Å². The molecule has 0 unspecified atom stereocenters. The number of anilines is 2. The van der Waals surface area contributed by atoms with Gasteiger partial charge in [0.25, 0.3) is 11.6 Å². The molecular weight excluding hydrogens is 278 g/mol. The quantitative estimate of drug-likeness (QED) is 0.659. The number of amides is 1. The predicted octanol–water partition coefficient (Wildman–Crippen LogP) is 2.13. The number of nitro groups is 1. The molecule has 1 aromatic carbocycles. The van der Waals surface area contributed by atoms with Crippen molar-refractivity contribution in [3.05, 3.63) is 46.4 Å². The fraction of sp³-hybridized carbons (Fsp3) is 0.154. The molecule has 8 heteroatoms. The number of ether oxygens (including phenoxy) is 1. The van der Waals surface area contributed by atoms with E-state index in [0.717, 1.165) is 5.56 Å². The van der Waals surface area contributed by atoms with E-state index in [1.54, 1.807) is 12.3 Å². The van der Waals surface area contributed by atoms with Gasteiger partial charge in [0, 0.05) is 12.1 Å². The molecule has 0 saturated carbocycles. The molecule has 0 atom stereocenters. The van der Waals surface area contributed by atoms with Crippen LogP contribution in [-0.2, 0) is 11.3 Å². The second-order valence-electron chi connectivity index (χ2n) is 4.44. The van der Waals surface area contributed by atoms with Gasteiger partial charge in [0.2, 0.25) is 0 Å². The van der Waals surface area contributed by atoms with Crippen molar-refractivity contribution in [2.24, 2.45) is 0 Å². The van der Waals surface area contributed by atoms with Gasteiger partial charge in [-0.25, -0.2) is 0 Å². The molecule has 21 heavy (non-hydrogen) atoms. The van der Waals surface area contributed by atoms with Crippen molar-refractivity contribution in [2.45, 2.75) is 6.54 Å². The molecule has 1 aliphatic rings.